The minimum atomic E-state index is -0.0577. The first-order valence-electron chi connectivity index (χ1n) is 16.9. The third kappa shape index (κ3) is 6.42. The smallest absolute Gasteiger partial charge is 0.662 e. The average molecular weight is 821 g/mol. The molecule has 0 fully saturated rings. The van der Waals surface area contributed by atoms with Gasteiger partial charge in [0.1, 0.15) is 0 Å². The molecule has 49 heavy (non-hydrogen) atoms. The van der Waals surface area contributed by atoms with Crippen LogP contribution >= 0.6 is 0 Å². The van der Waals surface area contributed by atoms with E-state index >= 15 is 0 Å². The van der Waals surface area contributed by atoms with Crippen LogP contribution in [0, 0.1) is 26.8 Å². The molecule has 0 unspecified atom stereocenters. The van der Waals surface area contributed by atoms with E-state index in [9.17, 15) is 0 Å². The van der Waals surface area contributed by atoms with Gasteiger partial charge in [-0.2, -0.15) is 5.52 Å². The van der Waals surface area contributed by atoms with Crippen molar-refractivity contribution in [3.63, 3.8) is 0 Å². The maximum atomic E-state index is 5.42. The van der Waals surface area contributed by atoms with Gasteiger partial charge in [0.05, 0.1) is 5.69 Å². The Hall–Kier alpha value is -4.33. The van der Waals surface area contributed by atoms with E-state index in [2.05, 4.69) is 153 Å². The van der Waals surface area contributed by atoms with Crippen molar-refractivity contribution in [2.24, 2.45) is 0 Å². The monoisotopic (exact) mass is 820 g/mol. The van der Waals surface area contributed by atoms with E-state index in [1.165, 1.54) is 44.2 Å². The summed E-state index contributed by atoms with van der Waals surface area (Å²) in [5.74, 6) is 0. The van der Waals surface area contributed by atoms with Crippen LogP contribution in [0.4, 0.5) is 0 Å². The Morgan fingerprint density at radius 1 is 0.571 bits per heavy atom. The second kappa shape index (κ2) is 12.8. The molecule has 0 aliphatic heterocycles. The fraction of sp³-hybridized carbons (Fsp3) is 0.244. The van der Waals surface area contributed by atoms with Gasteiger partial charge in [-0.05, 0) is 87.9 Å². The van der Waals surface area contributed by atoms with E-state index in [0.717, 1.165) is 50.4 Å². The fourth-order valence-electron chi connectivity index (χ4n) is 6.81. The summed E-state index contributed by atoms with van der Waals surface area (Å²) in [5, 5.41) is 2.34. The fourth-order valence-corrected chi connectivity index (χ4v) is 6.81. The van der Waals surface area contributed by atoms with Crippen molar-refractivity contribution in [1.29, 1.82) is 0 Å². The van der Waals surface area contributed by atoms with Crippen molar-refractivity contribution in [2.45, 2.75) is 73.1 Å². The van der Waals surface area contributed by atoms with Crippen LogP contribution in [0.15, 0.2) is 97.2 Å². The molecule has 0 N–H and O–H groups in total. The van der Waals surface area contributed by atoms with Crippen LogP contribution < -0.4 is 4.98 Å². The van der Waals surface area contributed by atoms with E-state index in [1.54, 1.807) is 0 Å². The second-order valence-electron chi connectivity index (χ2n) is 15.2. The van der Waals surface area contributed by atoms with Crippen LogP contribution in [-0.2, 0) is 31.9 Å². The molecule has 0 radical (unpaired) electrons. The molecule has 0 atom stereocenters. The predicted octanol–water partition coefficient (Wildman–Crippen LogP) is 11.7. The molecular formula is C45H43N3Pt. The molecule has 7 aromatic rings. The van der Waals surface area contributed by atoms with Crippen LogP contribution in [0.3, 0.4) is 0 Å². The molecule has 0 saturated heterocycles. The van der Waals surface area contributed by atoms with E-state index < -0.39 is 0 Å². The average Bonchev–Trinajstić information content (AvgIpc) is 3.43. The van der Waals surface area contributed by atoms with Gasteiger partial charge in [0.2, 0.25) is 0 Å². The number of aryl methyl sites for hydroxylation is 3. The number of hydrogen-bond donors (Lipinski definition) is 0. The normalized spacial score (nSPS) is 12.0. The summed E-state index contributed by atoms with van der Waals surface area (Å²) < 4.78 is 0. The maximum absolute atomic E-state index is 5.42. The first-order chi connectivity index (χ1) is 22.8. The summed E-state index contributed by atoms with van der Waals surface area (Å²) in [7, 11) is 0. The first kappa shape index (κ1) is 34.5. The van der Waals surface area contributed by atoms with Crippen molar-refractivity contribution in [1.82, 2.24) is 15.0 Å². The molecule has 4 aromatic carbocycles. The predicted molar refractivity (Wildman–Crippen MR) is 203 cm³/mol. The van der Waals surface area contributed by atoms with Gasteiger partial charge in [0, 0.05) is 23.1 Å². The Labute approximate surface area is 305 Å². The van der Waals surface area contributed by atoms with Crippen molar-refractivity contribution < 1.29 is 21.1 Å². The SMILES string of the molecule is Cc1cccc(C)c1-c1ccc(-c2[c-]c(-c3cc(C(C)(C)C)cc4c3[n-]c3c(-c5ccccn5)cc(C(C)(C)C)cc34)ccc2)nc1C.[Pt+2]. The third-order valence-corrected chi connectivity index (χ3v) is 9.60. The van der Waals surface area contributed by atoms with E-state index in [0.29, 0.717) is 0 Å². The first-order valence-corrected chi connectivity index (χ1v) is 16.9. The number of rotatable bonds is 4. The summed E-state index contributed by atoms with van der Waals surface area (Å²) in [6, 6.07) is 36.3. The molecule has 3 heterocycles. The van der Waals surface area contributed by atoms with Gasteiger partial charge in [0.15, 0.2) is 0 Å². The maximum Gasteiger partial charge on any atom is 2.00 e. The molecule has 0 aliphatic rings. The zero-order valence-corrected chi connectivity index (χ0v) is 32.2. The van der Waals surface area contributed by atoms with Gasteiger partial charge in [-0.3, -0.25) is 9.97 Å². The van der Waals surface area contributed by atoms with Gasteiger partial charge in [0.25, 0.3) is 0 Å². The van der Waals surface area contributed by atoms with Crippen LogP contribution in [0.5, 0.6) is 0 Å². The molecule has 4 heteroatoms. The summed E-state index contributed by atoms with van der Waals surface area (Å²) in [5.41, 5.74) is 16.4. The third-order valence-electron chi connectivity index (χ3n) is 9.60. The van der Waals surface area contributed by atoms with Gasteiger partial charge in [-0.1, -0.05) is 113 Å². The Balaban J connectivity index is 0.00000417. The molecular weight excluding hydrogens is 778 g/mol. The Bertz CT molecular complexity index is 2310. The standard InChI is InChI=1S/C45H43N3.Pt/c1-27-14-12-15-28(2)41(27)34-19-20-39(47-29(34)3)31-17-13-16-30(22-31)35-23-32(44(4,5)6)24-36-37-25-33(45(7,8)9)26-38(43(37)48-42(35)36)40-18-10-11-21-46-40;/h10-21,23-26H,1-9H3;/q-2;+2. The van der Waals surface area contributed by atoms with Crippen molar-refractivity contribution in [3.8, 4) is 44.8 Å². The number of nitrogens with zero attached hydrogens (tertiary/aromatic N) is 3. The van der Waals surface area contributed by atoms with Gasteiger partial charge >= 0.3 is 21.1 Å². The second-order valence-corrected chi connectivity index (χ2v) is 15.2. The van der Waals surface area contributed by atoms with Gasteiger partial charge in [-0.25, -0.2) is 0 Å². The number of aromatic nitrogens is 3. The quantitative estimate of drug-likeness (QED) is 0.166. The van der Waals surface area contributed by atoms with E-state index in [-0.39, 0.29) is 31.9 Å². The van der Waals surface area contributed by atoms with Crippen LogP contribution in [-0.4, -0.2) is 9.97 Å². The zero-order valence-electron chi connectivity index (χ0n) is 29.9. The van der Waals surface area contributed by atoms with Crippen molar-refractivity contribution in [3.05, 3.63) is 131 Å². The van der Waals surface area contributed by atoms with E-state index in [4.69, 9.17) is 15.0 Å². The van der Waals surface area contributed by atoms with Crippen LogP contribution in [0.25, 0.3) is 66.6 Å². The Morgan fingerprint density at radius 2 is 1.16 bits per heavy atom. The number of hydrogen-bond acceptors (Lipinski definition) is 2. The summed E-state index contributed by atoms with van der Waals surface area (Å²) >= 11 is 0. The summed E-state index contributed by atoms with van der Waals surface area (Å²) in [4.78, 5) is 15.3. The zero-order chi connectivity index (χ0) is 34.0. The minimum absolute atomic E-state index is 0. The topological polar surface area (TPSA) is 39.9 Å². The molecule has 7 rings (SSSR count). The molecule has 3 aromatic heterocycles. The van der Waals surface area contributed by atoms with E-state index in [1.807, 2.05) is 12.3 Å². The van der Waals surface area contributed by atoms with Gasteiger partial charge in [-0.15, -0.1) is 35.3 Å². The number of pyridine rings is 2. The Kier molecular flexibility index (Phi) is 9.05. The summed E-state index contributed by atoms with van der Waals surface area (Å²) in [6.45, 7) is 20.1. The molecule has 0 bridgehead atoms. The number of benzene rings is 4. The Morgan fingerprint density at radius 3 is 1.76 bits per heavy atom. The molecule has 0 amide bonds. The van der Waals surface area contributed by atoms with Crippen molar-refractivity contribution in [2.75, 3.05) is 0 Å². The summed E-state index contributed by atoms with van der Waals surface area (Å²) in [6.07, 6.45) is 1.86. The van der Waals surface area contributed by atoms with Crippen LogP contribution in [0.1, 0.15) is 69.5 Å². The molecule has 248 valence electrons. The van der Waals surface area contributed by atoms with Gasteiger partial charge < -0.3 is 4.98 Å². The largest absolute Gasteiger partial charge is 2.00 e. The molecule has 0 aliphatic carbocycles. The van der Waals surface area contributed by atoms with Crippen molar-refractivity contribution >= 4 is 21.8 Å². The number of fused-ring (bicyclic) bond motifs is 3. The molecule has 3 nitrogen and oxygen atoms in total. The molecule has 0 spiro atoms. The minimum Gasteiger partial charge on any atom is -0.662 e. The molecule has 0 saturated carbocycles. The van der Waals surface area contributed by atoms with Crippen LogP contribution in [0.2, 0.25) is 0 Å².